The van der Waals surface area contributed by atoms with E-state index in [4.69, 9.17) is 4.74 Å². The lowest BCUT2D eigenvalue weighted by molar-refractivity contribution is -0.149. The molecule has 3 rings (SSSR count). The first kappa shape index (κ1) is 26.3. The lowest BCUT2D eigenvalue weighted by Crippen LogP contribution is -2.36. The smallest absolute Gasteiger partial charge is 0.305 e. The van der Waals surface area contributed by atoms with Crippen LogP contribution in [0.1, 0.15) is 112 Å². The van der Waals surface area contributed by atoms with Gasteiger partial charge >= 0.3 is 5.97 Å². The first-order valence-corrected chi connectivity index (χ1v) is 13.5. The number of hydrogen-bond acceptors (Lipinski definition) is 3. The number of carbonyl (C=O) groups excluding carboxylic acids is 1. The van der Waals surface area contributed by atoms with Crippen molar-refractivity contribution in [3.63, 3.8) is 0 Å². The van der Waals surface area contributed by atoms with Crippen LogP contribution in [-0.2, 0) is 9.53 Å². The zero-order chi connectivity index (χ0) is 24.2. The van der Waals surface area contributed by atoms with Crippen LogP contribution in [0, 0.1) is 23.2 Å². The highest BCUT2D eigenvalue weighted by Gasteiger charge is 2.50. The van der Waals surface area contributed by atoms with Crippen molar-refractivity contribution in [3.05, 3.63) is 35.5 Å². The molecule has 0 aliphatic heterocycles. The Balaban J connectivity index is 1.67. The highest BCUT2D eigenvalue weighted by molar-refractivity contribution is 5.69. The topological polar surface area (TPSA) is 46.5 Å². The molecule has 3 fully saturated rings. The Morgan fingerprint density at radius 2 is 2.03 bits per heavy atom. The number of fused-ring (bicyclic) bond motifs is 1. The third-order valence-electron chi connectivity index (χ3n) is 8.93. The number of ether oxygens (including phenoxy) is 1. The van der Waals surface area contributed by atoms with Crippen LogP contribution in [0.2, 0.25) is 0 Å². The molecule has 186 valence electrons. The van der Waals surface area contributed by atoms with E-state index in [1.807, 2.05) is 20.8 Å². The number of carbonyl (C=O) groups is 1. The first-order valence-electron chi connectivity index (χ1n) is 13.5. The molecular weight excluding hydrogens is 408 g/mol. The minimum atomic E-state index is -0.549. The molecule has 1 unspecified atom stereocenters. The molecule has 0 aromatic rings. The Kier molecular flexibility index (Phi) is 8.70. The molecule has 3 aliphatic carbocycles. The fraction of sp³-hybridized carbons (Fsp3) is 0.767. The van der Waals surface area contributed by atoms with Gasteiger partial charge in [0.05, 0.1) is 5.60 Å². The Hall–Kier alpha value is -1.35. The summed E-state index contributed by atoms with van der Waals surface area (Å²) >= 11 is 0. The second-order valence-electron chi connectivity index (χ2n) is 12.0. The summed E-state index contributed by atoms with van der Waals surface area (Å²) in [6.45, 7) is 15.0. The van der Waals surface area contributed by atoms with Crippen molar-refractivity contribution in [3.8, 4) is 0 Å². The number of rotatable bonds is 8. The summed E-state index contributed by atoms with van der Waals surface area (Å²) in [5.41, 5.74) is 3.96. The fourth-order valence-corrected chi connectivity index (χ4v) is 7.02. The Morgan fingerprint density at radius 1 is 1.27 bits per heavy atom. The summed E-state index contributed by atoms with van der Waals surface area (Å²) in [4.78, 5) is 11.7. The Morgan fingerprint density at radius 3 is 2.73 bits per heavy atom. The van der Waals surface area contributed by atoms with E-state index in [0.29, 0.717) is 23.7 Å². The van der Waals surface area contributed by atoms with Gasteiger partial charge in [0.25, 0.3) is 0 Å². The number of hydrogen-bond donors (Lipinski definition) is 1. The number of esters is 1. The molecule has 0 spiro atoms. The second kappa shape index (κ2) is 10.9. The van der Waals surface area contributed by atoms with Gasteiger partial charge in [-0.1, -0.05) is 63.5 Å². The highest BCUT2D eigenvalue weighted by atomic mass is 16.5. The summed E-state index contributed by atoms with van der Waals surface area (Å²) in [5, 5.41) is 10.1. The maximum atomic E-state index is 11.7. The van der Waals surface area contributed by atoms with Crippen molar-refractivity contribution >= 4 is 5.97 Å². The predicted octanol–water partition coefficient (Wildman–Crippen LogP) is 7.69. The van der Waals surface area contributed by atoms with Gasteiger partial charge in [-0.05, 0) is 94.0 Å². The van der Waals surface area contributed by atoms with Crippen molar-refractivity contribution in [1.29, 1.82) is 0 Å². The Labute approximate surface area is 202 Å². The van der Waals surface area contributed by atoms with Gasteiger partial charge in [0, 0.05) is 12.8 Å². The predicted molar refractivity (Wildman–Crippen MR) is 137 cm³/mol. The third-order valence-corrected chi connectivity index (χ3v) is 8.93. The molecule has 0 bridgehead atoms. The lowest BCUT2D eigenvalue weighted by atomic mass is 9.60. The van der Waals surface area contributed by atoms with E-state index in [9.17, 15) is 9.90 Å². The zero-order valence-corrected chi connectivity index (χ0v) is 21.9. The molecule has 1 N–H and O–H groups in total. The molecule has 0 amide bonds. The summed E-state index contributed by atoms with van der Waals surface area (Å²) < 4.78 is 5.63. The van der Waals surface area contributed by atoms with Crippen LogP contribution in [0.4, 0.5) is 0 Å². The lowest BCUT2D eigenvalue weighted by Gasteiger charge is -2.44. The fourth-order valence-electron chi connectivity index (χ4n) is 7.02. The van der Waals surface area contributed by atoms with Crippen LogP contribution >= 0.6 is 0 Å². The second-order valence-corrected chi connectivity index (χ2v) is 12.0. The molecule has 3 nitrogen and oxygen atoms in total. The van der Waals surface area contributed by atoms with Crippen LogP contribution in [-0.4, -0.2) is 22.8 Å². The van der Waals surface area contributed by atoms with Crippen molar-refractivity contribution in [2.75, 3.05) is 0 Å². The van der Waals surface area contributed by atoms with Gasteiger partial charge in [0.2, 0.25) is 0 Å². The van der Waals surface area contributed by atoms with E-state index in [1.165, 1.54) is 49.7 Å². The molecule has 0 heterocycles. The minimum absolute atomic E-state index is 0.00447. The van der Waals surface area contributed by atoms with Gasteiger partial charge in [0.1, 0.15) is 6.10 Å². The highest BCUT2D eigenvalue weighted by Crippen LogP contribution is 2.60. The average molecular weight is 457 g/mol. The van der Waals surface area contributed by atoms with E-state index in [1.54, 1.807) is 5.57 Å². The van der Waals surface area contributed by atoms with E-state index in [-0.39, 0.29) is 12.1 Å². The van der Waals surface area contributed by atoms with Crippen LogP contribution in [0.5, 0.6) is 0 Å². The van der Waals surface area contributed by atoms with Crippen LogP contribution in [0.15, 0.2) is 35.5 Å². The van der Waals surface area contributed by atoms with Gasteiger partial charge in [-0.3, -0.25) is 4.79 Å². The van der Waals surface area contributed by atoms with Gasteiger partial charge < -0.3 is 9.84 Å². The minimum Gasteiger partial charge on any atom is -0.462 e. The molecule has 5 atom stereocenters. The van der Waals surface area contributed by atoms with E-state index in [0.717, 1.165) is 38.0 Å². The molecular formula is C30H48O3. The number of aliphatic hydroxyl groups is 1. The molecule has 0 radical (unpaired) electrons. The Bertz CT molecular complexity index is 768. The van der Waals surface area contributed by atoms with Crippen LogP contribution in [0.25, 0.3) is 0 Å². The standard InChI is InChI=1S/C30H48O3/c1-7-28(31)33-25-15-12-21(2)24(20-25)14-13-23-11-9-19-30(6)26(16-17-27(23)30)22(3)10-8-18-29(4,5)32/h13-14,22,25-27,32H,2,7-12,15-20H2,1,3-6H3/b23-13?,24-14-/t22-,25+,26-,27?,30-/m1/s1. The van der Waals surface area contributed by atoms with Gasteiger partial charge in [0.15, 0.2) is 0 Å². The normalized spacial score (nSPS) is 33.9. The van der Waals surface area contributed by atoms with Gasteiger partial charge in [-0.15, -0.1) is 0 Å². The molecule has 3 aliphatic rings. The summed E-state index contributed by atoms with van der Waals surface area (Å²) in [6.07, 6.45) is 17.5. The molecule has 0 aromatic heterocycles. The third kappa shape index (κ3) is 6.62. The zero-order valence-electron chi connectivity index (χ0n) is 21.9. The van der Waals surface area contributed by atoms with Crippen molar-refractivity contribution in [2.45, 2.75) is 123 Å². The van der Waals surface area contributed by atoms with E-state index in [2.05, 4.69) is 32.6 Å². The van der Waals surface area contributed by atoms with Crippen molar-refractivity contribution < 1.29 is 14.6 Å². The quantitative estimate of drug-likeness (QED) is 0.381. The molecule has 0 saturated heterocycles. The average Bonchev–Trinajstić information content (AvgIpc) is 3.10. The molecule has 3 saturated carbocycles. The van der Waals surface area contributed by atoms with Crippen LogP contribution < -0.4 is 0 Å². The van der Waals surface area contributed by atoms with Gasteiger partial charge in [-0.25, -0.2) is 0 Å². The van der Waals surface area contributed by atoms with Gasteiger partial charge in [-0.2, -0.15) is 0 Å². The van der Waals surface area contributed by atoms with E-state index < -0.39 is 5.60 Å². The molecule has 0 aromatic carbocycles. The maximum Gasteiger partial charge on any atom is 0.305 e. The SMILES string of the molecule is C=C1CC[C@H](OC(=O)CC)C/C1=C/C=C1CCC[C@@]2(C)C1CC[C@@H]2[C@H](C)CCCC(C)(C)O. The largest absolute Gasteiger partial charge is 0.462 e. The van der Waals surface area contributed by atoms with Crippen molar-refractivity contribution in [2.24, 2.45) is 23.2 Å². The van der Waals surface area contributed by atoms with E-state index >= 15 is 0 Å². The van der Waals surface area contributed by atoms with Crippen molar-refractivity contribution in [1.82, 2.24) is 0 Å². The molecule has 33 heavy (non-hydrogen) atoms. The van der Waals surface area contributed by atoms with Crippen LogP contribution in [0.3, 0.4) is 0 Å². The maximum absolute atomic E-state index is 11.7. The monoisotopic (exact) mass is 456 g/mol. The summed E-state index contributed by atoms with van der Waals surface area (Å²) in [5.74, 6) is 2.09. The summed E-state index contributed by atoms with van der Waals surface area (Å²) in [6, 6.07) is 0. The molecule has 3 heteroatoms. The number of allylic oxidation sites excluding steroid dienone is 4. The summed E-state index contributed by atoms with van der Waals surface area (Å²) in [7, 11) is 0. The first-order chi connectivity index (χ1) is 15.5.